The van der Waals surface area contributed by atoms with Crippen molar-refractivity contribution >= 4 is 17.6 Å². The molecule has 0 amide bonds. The summed E-state index contributed by atoms with van der Waals surface area (Å²) in [5.41, 5.74) is 5.43. The summed E-state index contributed by atoms with van der Waals surface area (Å²) in [7, 11) is 1.36. The monoisotopic (exact) mass is 253 g/mol. The summed E-state index contributed by atoms with van der Waals surface area (Å²) in [5, 5.41) is 2.55. The molecule has 1 heterocycles. The third-order valence-electron chi connectivity index (χ3n) is 1.99. The average Bonchev–Trinajstić information content (AvgIpc) is 2.32. The minimum absolute atomic E-state index is 0.00450. The van der Waals surface area contributed by atoms with E-state index in [1.54, 1.807) is 0 Å². The molecule has 3 N–H and O–H groups in total. The highest BCUT2D eigenvalue weighted by molar-refractivity contribution is 5.54. The minimum atomic E-state index is -0.770. The average molecular weight is 253 g/mol. The fourth-order valence-corrected chi connectivity index (χ4v) is 1.23. The third kappa shape index (κ3) is 2.59. The van der Waals surface area contributed by atoms with Crippen LogP contribution >= 0.6 is 0 Å². The molecule has 94 valence electrons. The number of benzene rings is 1. The van der Waals surface area contributed by atoms with Crippen LogP contribution in [0.3, 0.4) is 0 Å². The first-order valence-electron chi connectivity index (χ1n) is 4.86. The van der Waals surface area contributed by atoms with Crippen LogP contribution in [0.5, 0.6) is 6.01 Å². The molecule has 0 aliphatic rings. The molecular weight excluding hydrogens is 244 g/mol. The number of hydrogen-bond acceptors (Lipinski definition) is 6. The molecule has 0 saturated carbocycles. The fourth-order valence-electron chi connectivity index (χ4n) is 1.23. The van der Waals surface area contributed by atoms with E-state index in [1.807, 2.05) is 0 Å². The zero-order valence-corrected chi connectivity index (χ0v) is 9.32. The Morgan fingerprint density at radius 3 is 2.67 bits per heavy atom. The van der Waals surface area contributed by atoms with Crippen molar-refractivity contribution in [1.82, 2.24) is 15.0 Å². The van der Waals surface area contributed by atoms with Crippen molar-refractivity contribution in [3.05, 3.63) is 29.8 Å². The van der Waals surface area contributed by atoms with Gasteiger partial charge in [-0.1, -0.05) is 0 Å². The van der Waals surface area contributed by atoms with Gasteiger partial charge in [-0.2, -0.15) is 15.0 Å². The molecular formula is C10H9F2N5O. The molecule has 8 heteroatoms. The largest absolute Gasteiger partial charge is 0.467 e. The van der Waals surface area contributed by atoms with E-state index in [9.17, 15) is 8.78 Å². The van der Waals surface area contributed by atoms with E-state index in [1.165, 1.54) is 13.2 Å². The van der Waals surface area contributed by atoms with Crippen molar-refractivity contribution < 1.29 is 13.5 Å². The molecule has 0 aliphatic carbocycles. The number of halogens is 2. The summed E-state index contributed by atoms with van der Waals surface area (Å²) in [4.78, 5) is 11.2. The predicted molar refractivity (Wildman–Crippen MR) is 60.4 cm³/mol. The molecule has 0 unspecified atom stereocenters. The van der Waals surface area contributed by atoms with E-state index in [0.29, 0.717) is 0 Å². The van der Waals surface area contributed by atoms with Crippen molar-refractivity contribution in [3.8, 4) is 6.01 Å². The number of hydrogen-bond donors (Lipinski definition) is 2. The molecule has 0 atom stereocenters. The SMILES string of the molecule is COc1nc(N)nc(Nc2ccc(F)cc2F)n1. The van der Waals surface area contributed by atoms with Crippen LogP contribution in [0.1, 0.15) is 0 Å². The second kappa shape index (κ2) is 4.78. The minimum Gasteiger partial charge on any atom is -0.467 e. The Labute approximate surface area is 101 Å². The lowest BCUT2D eigenvalue weighted by molar-refractivity contribution is 0.380. The van der Waals surface area contributed by atoms with Gasteiger partial charge in [0.05, 0.1) is 12.8 Å². The summed E-state index contributed by atoms with van der Waals surface area (Å²) in [5.74, 6) is -1.52. The molecule has 1 aromatic heterocycles. The second-order valence-corrected chi connectivity index (χ2v) is 3.25. The normalized spacial score (nSPS) is 10.2. The van der Waals surface area contributed by atoms with Gasteiger partial charge in [0, 0.05) is 6.07 Å². The van der Waals surface area contributed by atoms with Gasteiger partial charge in [0.15, 0.2) is 0 Å². The maximum Gasteiger partial charge on any atom is 0.322 e. The molecule has 0 fully saturated rings. The van der Waals surface area contributed by atoms with Crippen molar-refractivity contribution in [2.45, 2.75) is 0 Å². The summed E-state index contributed by atoms with van der Waals surface area (Å²) in [6, 6.07) is 3.06. The Bertz CT molecular complexity index is 578. The van der Waals surface area contributed by atoms with Crippen LogP contribution in [0.25, 0.3) is 0 Å². The van der Waals surface area contributed by atoms with Gasteiger partial charge >= 0.3 is 6.01 Å². The van der Waals surface area contributed by atoms with Gasteiger partial charge in [0.2, 0.25) is 11.9 Å². The first-order valence-corrected chi connectivity index (χ1v) is 4.86. The van der Waals surface area contributed by atoms with Crippen LogP contribution < -0.4 is 15.8 Å². The Morgan fingerprint density at radius 2 is 2.00 bits per heavy atom. The lowest BCUT2D eigenvalue weighted by Gasteiger charge is -2.07. The molecule has 2 rings (SSSR count). The quantitative estimate of drug-likeness (QED) is 0.861. The third-order valence-corrected chi connectivity index (χ3v) is 1.99. The highest BCUT2D eigenvalue weighted by Gasteiger charge is 2.08. The topological polar surface area (TPSA) is 86.0 Å². The zero-order chi connectivity index (χ0) is 13.1. The number of nitrogens with one attached hydrogen (secondary N) is 1. The van der Waals surface area contributed by atoms with E-state index in [-0.39, 0.29) is 23.6 Å². The lowest BCUT2D eigenvalue weighted by atomic mass is 10.3. The number of rotatable bonds is 3. The van der Waals surface area contributed by atoms with Crippen LogP contribution in [-0.2, 0) is 0 Å². The molecule has 0 saturated heterocycles. The molecule has 6 nitrogen and oxygen atoms in total. The lowest BCUT2D eigenvalue weighted by Crippen LogP contribution is -2.06. The number of methoxy groups -OCH3 is 1. The number of nitrogens with two attached hydrogens (primary N) is 1. The molecule has 1 aromatic carbocycles. The first-order chi connectivity index (χ1) is 8.58. The van der Waals surface area contributed by atoms with Crippen molar-refractivity contribution in [1.29, 1.82) is 0 Å². The smallest absolute Gasteiger partial charge is 0.322 e. The first kappa shape index (κ1) is 12.0. The van der Waals surface area contributed by atoms with E-state index in [0.717, 1.165) is 12.1 Å². The van der Waals surface area contributed by atoms with Crippen molar-refractivity contribution in [3.63, 3.8) is 0 Å². The maximum absolute atomic E-state index is 13.4. The van der Waals surface area contributed by atoms with Crippen LogP contribution in [0.15, 0.2) is 18.2 Å². The number of anilines is 3. The molecule has 0 bridgehead atoms. The summed E-state index contributed by atoms with van der Waals surface area (Å²) >= 11 is 0. The van der Waals surface area contributed by atoms with Gasteiger partial charge in [-0.15, -0.1) is 0 Å². The maximum atomic E-state index is 13.4. The van der Waals surface area contributed by atoms with Gasteiger partial charge in [0.25, 0.3) is 0 Å². The molecule has 0 spiro atoms. The predicted octanol–water partition coefficient (Wildman–Crippen LogP) is 1.48. The standard InChI is InChI=1S/C10H9F2N5O/c1-18-10-16-8(13)15-9(17-10)14-7-3-2-5(11)4-6(7)12/h2-4H,1H3,(H3,13,14,15,16,17). The van der Waals surface area contributed by atoms with Crippen LogP contribution in [0.2, 0.25) is 0 Å². The Hall–Kier alpha value is -2.51. The highest BCUT2D eigenvalue weighted by atomic mass is 19.1. The van der Waals surface area contributed by atoms with E-state index in [2.05, 4.69) is 20.3 Å². The molecule has 0 radical (unpaired) electrons. The number of nitrogen functional groups attached to an aromatic ring is 1. The second-order valence-electron chi connectivity index (χ2n) is 3.25. The Morgan fingerprint density at radius 1 is 1.22 bits per heavy atom. The van der Waals surface area contributed by atoms with Gasteiger partial charge in [-0.05, 0) is 12.1 Å². The van der Waals surface area contributed by atoms with Gasteiger partial charge in [0.1, 0.15) is 11.6 Å². The van der Waals surface area contributed by atoms with Crippen LogP contribution in [0.4, 0.5) is 26.4 Å². The number of ether oxygens (including phenoxy) is 1. The van der Waals surface area contributed by atoms with Gasteiger partial charge < -0.3 is 15.8 Å². The van der Waals surface area contributed by atoms with Crippen LogP contribution in [0, 0.1) is 11.6 Å². The van der Waals surface area contributed by atoms with Crippen molar-refractivity contribution in [2.75, 3.05) is 18.2 Å². The van der Waals surface area contributed by atoms with Crippen molar-refractivity contribution in [2.24, 2.45) is 0 Å². The number of aromatic nitrogens is 3. The van der Waals surface area contributed by atoms with Gasteiger partial charge in [-0.3, -0.25) is 0 Å². The Kier molecular flexibility index (Phi) is 3.18. The molecule has 0 aliphatic heterocycles. The summed E-state index contributed by atoms with van der Waals surface area (Å²) in [6.07, 6.45) is 0. The number of nitrogens with zero attached hydrogens (tertiary/aromatic N) is 3. The van der Waals surface area contributed by atoms with E-state index in [4.69, 9.17) is 10.5 Å². The zero-order valence-electron chi connectivity index (χ0n) is 9.32. The summed E-state index contributed by atoms with van der Waals surface area (Å²) in [6.45, 7) is 0. The van der Waals surface area contributed by atoms with Crippen LogP contribution in [-0.4, -0.2) is 22.1 Å². The molecule has 18 heavy (non-hydrogen) atoms. The van der Waals surface area contributed by atoms with E-state index >= 15 is 0 Å². The van der Waals surface area contributed by atoms with Gasteiger partial charge in [-0.25, -0.2) is 8.78 Å². The highest BCUT2D eigenvalue weighted by Crippen LogP contribution is 2.19. The van der Waals surface area contributed by atoms with E-state index < -0.39 is 11.6 Å². The fraction of sp³-hybridized carbons (Fsp3) is 0.100. The Balaban J connectivity index is 2.30. The summed E-state index contributed by atoms with van der Waals surface area (Å²) < 4.78 is 30.9. The molecule has 2 aromatic rings.